The molecule has 1 unspecified atom stereocenters. The van der Waals surface area contributed by atoms with Crippen LogP contribution in [-0.4, -0.2) is 49.0 Å². The molecule has 1 aromatic rings. The van der Waals surface area contributed by atoms with Gasteiger partial charge in [-0.1, -0.05) is 25.1 Å². The molecule has 136 valence electrons. The Labute approximate surface area is 147 Å². The maximum absolute atomic E-state index is 12.2. The van der Waals surface area contributed by atoms with Crippen molar-refractivity contribution in [1.82, 2.24) is 10.2 Å². The summed E-state index contributed by atoms with van der Waals surface area (Å²) in [6.45, 7) is 2.83. The van der Waals surface area contributed by atoms with Crippen LogP contribution >= 0.6 is 0 Å². The number of hydrogen-bond acceptors (Lipinski definition) is 4. The molecule has 0 aromatic heterocycles. The number of carbonyl (C=O) groups is 3. The van der Waals surface area contributed by atoms with Gasteiger partial charge < -0.3 is 20.3 Å². The predicted molar refractivity (Wildman–Crippen MR) is 94.0 cm³/mol. The SMILES string of the molecule is COC(=O)C(C)CC(=O)N1CCC(NC(=O)Nc2ccccc2)CC1. The van der Waals surface area contributed by atoms with Gasteiger partial charge in [-0.25, -0.2) is 4.79 Å². The number of likely N-dealkylation sites (tertiary alicyclic amines) is 1. The first-order valence-electron chi connectivity index (χ1n) is 8.47. The standard InChI is InChI=1S/C18H25N3O4/c1-13(17(23)25-2)12-16(22)21-10-8-15(9-11-21)20-18(24)19-14-6-4-3-5-7-14/h3-7,13,15H,8-12H2,1-2H3,(H2,19,20,24). The lowest BCUT2D eigenvalue weighted by molar-refractivity contribution is -0.148. The van der Waals surface area contributed by atoms with Crippen LogP contribution in [-0.2, 0) is 14.3 Å². The lowest BCUT2D eigenvalue weighted by atomic mass is 10.0. The molecule has 0 aliphatic carbocycles. The van der Waals surface area contributed by atoms with Gasteiger partial charge in [-0.3, -0.25) is 9.59 Å². The summed E-state index contributed by atoms with van der Waals surface area (Å²) in [6, 6.07) is 9.04. The van der Waals surface area contributed by atoms with Crippen LogP contribution in [0.3, 0.4) is 0 Å². The highest BCUT2D eigenvalue weighted by Crippen LogP contribution is 2.15. The van der Waals surface area contributed by atoms with Crippen LogP contribution in [0.2, 0.25) is 0 Å². The minimum atomic E-state index is -0.440. The van der Waals surface area contributed by atoms with E-state index in [1.54, 1.807) is 11.8 Å². The number of esters is 1. The second kappa shape index (κ2) is 9.05. The Morgan fingerprint density at radius 3 is 2.44 bits per heavy atom. The van der Waals surface area contributed by atoms with E-state index in [-0.39, 0.29) is 30.4 Å². The number of benzene rings is 1. The van der Waals surface area contributed by atoms with Crippen LogP contribution in [0.1, 0.15) is 26.2 Å². The molecule has 0 saturated carbocycles. The first kappa shape index (κ1) is 18.8. The lowest BCUT2D eigenvalue weighted by Gasteiger charge is -2.32. The first-order valence-corrected chi connectivity index (χ1v) is 8.47. The van der Waals surface area contributed by atoms with E-state index < -0.39 is 5.92 Å². The monoisotopic (exact) mass is 347 g/mol. The van der Waals surface area contributed by atoms with Gasteiger partial charge in [-0.05, 0) is 25.0 Å². The fraction of sp³-hybridized carbons (Fsp3) is 0.500. The number of nitrogens with zero attached hydrogens (tertiary/aromatic N) is 1. The predicted octanol–water partition coefficient (Wildman–Crippen LogP) is 2.00. The van der Waals surface area contributed by atoms with Gasteiger partial charge in [0.05, 0.1) is 13.0 Å². The molecule has 1 atom stereocenters. The molecule has 7 heteroatoms. The van der Waals surface area contributed by atoms with Crippen molar-refractivity contribution in [2.75, 3.05) is 25.5 Å². The average Bonchev–Trinajstić information content (AvgIpc) is 2.62. The fourth-order valence-electron chi connectivity index (χ4n) is 2.82. The molecule has 2 N–H and O–H groups in total. The number of hydrogen-bond donors (Lipinski definition) is 2. The van der Waals surface area contributed by atoms with Crippen LogP contribution in [0.25, 0.3) is 0 Å². The molecule has 1 fully saturated rings. The highest BCUT2D eigenvalue weighted by Gasteiger charge is 2.26. The third-order valence-electron chi connectivity index (χ3n) is 4.30. The first-order chi connectivity index (χ1) is 12.0. The van der Waals surface area contributed by atoms with Crippen LogP contribution in [0.15, 0.2) is 30.3 Å². The molecule has 1 saturated heterocycles. The lowest BCUT2D eigenvalue weighted by Crippen LogP contribution is -2.47. The van der Waals surface area contributed by atoms with Crippen LogP contribution < -0.4 is 10.6 Å². The van der Waals surface area contributed by atoms with Gasteiger partial charge in [-0.15, -0.1) is 0 Å². The van der Waals surface area contributed by atoms with Crippen molar-refractivity contribution in [3.8, 4) is 0 Å². The van der Waals surface area contributed by atoms with Crippen molar-refractivity contribution in [2.45, 2.75) is 32.2 Å². The second-order valence-corrected chi connectivity index (χ2v) is 6.25. The number of nitrogens with one attached hydrogen (secondary N) is 2. The summed E-state index contributed by atoms with van der Waals surface area (Å²) in [6.07, 6.45) is 1.54. The highest BCUT2D eigenvalue weighted by molar-refractivity contribution is 5.89. The molecule has 25 heavy (non-hydrogen) atoms. The van der Waals surface area contributed by atoms with Gasteiger partial charge in [-0.2, -0.15) is 0 Å². The Kier molecular flexibility index (Phi) is 6.80. The molecule has 2 rings (SSSR count). The summed E-state index contributed by atoms with van der Waals surface area (Å²) < 4.78 is 4.65. The molecule has 1 heterocycles. The second-order valence-electron chi connectivity index (χ2n) is 6.25. The number of para-hydroxylation sites is 1. The van der Waals surface area contributed by atoms with E-state index in [1.807, 2.05) is 30.3 Å². The number of methoxy groups -OCH3 is 1. The topological polar surface area (TPSA) is 87.7 Å². The van der Waals surface area contributed by atoms with E-state index in [4.69, 9.17) is 0 Å². The molecular formula is C18H25N3O4. The van der Waals surface area contributed by atoms with Crippen molar-refractivity contribution in [2.24, 2.45) is 5.92 Å². The Hall–Kier alpha value is -2.57. The normalized spacial score (nSPS) is 16.0. The third-order valence-corrected chi connectivity index (χ3v) is 4.30. The largest absolute Gasteiger partial charge is 0.469 e. The Morgan fingerprint density at radius 1 is 1.20 bits per heavy atom. The molecule has 0 radical (unpaired) electrons. The Bertz CT molecular complexity index is 598. The number of amides is 3. The number of urea groups is 1. The van der Waals surface area contributed by atoms with Crippen LogP contribution in [0.5, 0.6) is 0 Å². The van der Waals surface area contributed by atoms with Crippen molar-refractivity contribution >= 4 is 23.6 Å². The van der Waals surface area contributed by atoms with E-state index >= 15 is 0 Å². The summed E-state index contributed by atoms with van der Waals surface area (Å²) in [4.78, 5) is 37.4. The summed E-state index contributed by atoms with van der Waals surface area (Å²) >= 11 is 0. The highest BCUT2D eigenvalue weighted by atomic mass is 16.5. The van der Waals surface area contributed by atoms with E-state index in [0.29, 0.717) is 25.9 Å². The van der Waals surface area contributed by atoms with Gasteiger partial charge >= 0.3 is 12.0 Å². The van der Waals surface area contributed by atoms with E-state index in [0.717, 1.165) is 5.69 Å². The quantitative estimate of drug-likeness (QED) is 0.798. The van der Waals surface area contributed by atoms with Gasteiger partial charge in [0.2, 0.25) is 5.91 Å². The zero-order valence-electron chi connectivity index (χ0n) is 14.7. The van der Waals surface area contributed by atoms with Crippen molar-refractivity contribution in [3.05, 3.63) is 30.3 Å². The van der Waals surface area contributed by atoms with E-state index in [9.17, 15) is 14.4 Å². The Balaban J connectivity index is 1.73. The van der Waals surface area contributed by atoms with Crippen LogP contribution in [0, 0.1) is 5.92 Å². The molecule has 1 aromatic carbocycles. The minimum Gasteiger partial charge on any atom is -0.469 e. The van der Waals surface area contributed by atoms with Crippen LogP contribution in [0.4, 0.5) is 10.5 Å². The fourth-order valence-corrected chi connectivity index (χ4v) is 2.82. The Morgan fingerprint density at radius 2 is 1.84 bits per heavy atom. The minimum absolute atomic E-state index is 0.0331. The maximum atomic E-state index is 12.2. The molecule has 0 spiro atoms. The zero-order chi connectivity index (χ0) is 18.2. The van der Waals surface area contributed by atoms with Gasteiger partial charge in [0.1, 0.15) is 0 Å². The number of piperidine rings is 1. The van der Waals surface area contributed by atoms with Crippen molar-refractivity contribution < 1.29 is 19.1 Å². The van der Waals surface area contributed by atoms with Crippen molar-refractivity contribution in [3.63, 3.8) is 0 Å². The number of anilines is 1. The smallest absolute Gasteiger partial charge is 0.319 e. The molecule has 3 amide bonds. The van der Waals surface area contributed by atoms with E-state index in [1.165, 1.54) is 7.11 Å². The summed E-state index contributed by atoms with van der Waals surface area (Å²) in [5.74, 6) is -0.863. The molecule has 1 aliphatic heterocycles. The third kappa shape index (κ3) is 5.77. The van der Waals surface area contributed by atoms with Gasteiger partial charge in [0.25, 0.3) is 0 Å². The van der Waals surface area contributed by atoms with E-state index in [2.05, 4.69) is 15.4 Å². The summed E-state index contributed by atoms with van der Waals surface area (Å²) in [5, 5.41) is 5.72. The zero-order valence-corrected chi connectivity index (χ0v) is 14.7. The summed E-state index contributed by atoms with van der Waals surface area (Å²) in [5.41, 5.74) is 0.740. The number of ether oxygens (including phenoxy) is 1. The van der Waals surface area contributed by atoms with Gasteiger partial charge in [0, 0.05) is 31.2 Å². The maximum Gasteiger partial charge on any atom is 0.319 e. The van der Waals surface area contributed by atoms with Gasteiger partial charge in [0.15, 0.2) is 0 Å². The number of carbonyl (C=O) groups excluding carboxylic acids is 3. The molecular weight excluding hydrogens is 322 g/mol. The molecule has 0 bridgehead atoms. The van der Waals surface area contributed by atoms with Crippen molar-refractivity contribution in [1.29, 1.82) is 0 Å². The summed E-state index contributed by atoms with van der Waals surface area (Å²) in [7, 11) is 1.32. The molecule has 1 aliphatic rings. The molecule has 7 nitrogen and oxygen atoms in total. The number of rotatable bonds is 5. The average molecular weight is 347 g/mol.